The number of carbonyl (C=O) groups excluding carboxylic acids is 3. The molecule has 2 fully saturated rings. The smallest absolute Gasteiger partial charge is 0.247 e. The second kappa shape index (κ2) is 9.52. The van der Waals surface area contributed by atoms with E-state index in [-0.39, 0.29) is 29.6 Å². The molecule has 0 spiro atoms. The first-order chi connectivity index (χ1) is 14.0. The molecule has 1 N–H and O–H groups in total. The fourth-order valence-corrected chi connectivity index (χ4v) is 4.67. The van der Waals surface area contributed by atoms with E-state index in [2.05, 4.69) is 5.32 Å². The number of hydrogen-bond donors (Lipinski definition) is 1. The molecule has 3 atom stereocenters. The summed E-state index contributed by atoms with van der Waals surface area (Å²) >= 11 is 1.58. The summed E-state index contributed by atoms with van der Waals surface area (Å²) in [5, 5.41) is 2.85. The number of methoxy groups -OCH3 is 2. The topological polar surface area (TPSA) is 84.9 Å². The molecule has 3 amide bonds. The van der Waals surface area contributed by atoms with Gasteiger partial charge in [-0.15, -0.1) is 0 Å². The predicted octanol–water partition coefficient (Wildman–Crippen LogP) is 2.94. The minimum Gasteiger partial charge on any atom is -0.497 e. The second-order valence-electron chi connectivity index (χ2n) is 7.43. The number of amides is 3. The summed E-state index contributed by atoms with van der Waals surface area (Å²) < 4.78 is 10.5. The van der Waals surface area contributed by atoms with E-state index in [1.165, 1.54) is 19.1 Å². The van der Waals surface area contributed by atoms with E-state index in [9.17, 15) is 14.4 Å². The number of anilines is 1. The molecule has 2 aliphatic rings. The maximum absolute atomic E-state index is 13.2. The van der Waals surface area contributed by atoms with Crippen molar-refractivity contribution < 1.29 is 23.9 Å². The van der Waals surface area contributed by atoms with Crippen molar-refractivity contribution >= 4 is 35.2 Å². The Morgan fingerprint density at radius 1 is 1.10 bits per heavy atom. The lowest BCUT2D eigenvalue weighted by Crippen LogP contribution is -2.48. The first kappa shape index (κ1) is 21.5. The standard InChI is InChI=1S/C21H28N2O5S/c1-27-14-10-13(11-15(12-14)28-2)22-19(24)18(8-9-29-3)23-20(25)16-6-4-5-7-17(16)21(23)26/h10-12,16-18H,4-9H2,1-3H3,(H,22,24)/t16-,17+,18-/m0/s1. The van der Waals surface area contributed by atoms with Crippen molar-refractivity contribution in [1.82, 2.24) is 4.90 Å². The van der Waals surface area contributed by atoms with Crippen LogP contribution in [0, 0.1) is 11.8 Å². The van der Waals surface area contributed by atoms with Gasteiger partial charge in [-0.1, -0.05) is 12.8 Å². The normalized spacial score (nSPS) is 22.2. The molecule has 0 aromatic heterocycles. The molecule has 1 aromatic carbocycles. The van der Waals surface area contributed by atoms with Gasteiger partial charge >= 0.3 is 0 Å². The van der Waals surface area contributed by atoms with Crippen molar-refractivity contribution in [2.45, 2.75) is 38.1 Å². The lowest BCUT2D eigenvalue weighted by atomic mass is 9.81. The quantitative estimate of drug-likeness (QED) is 0.651. The summed E-state index contributed by atoms with van der Waals surface area (Å²) in [6.45, 7) is 0. The van der Waals surface area contributed by atoms with Gasteiger partial charge in [-0.25, -0.2) is 0 Å². The van der Waals surface area contributed by atoms with Gasteiger partial charge in [0.05, 0.1) is 26.1 Å². The zero-order valence-electron chi connectivity index (χ0n) is 17.1. The van der Waals surface area contributed by atoms with Gasteiger partial charge < -0.3 is 14.8 Å². The van der Waals surface area contributed by atoms with Gasteiger partial charge in [-0.3, -0.25) is 19.3 Å². The van der Waals surface area contributed by atoms with Gasteiger partial charge in [0, 0.05) is 23.9 Å². The third kappa shape index (κ3) is 4.52. The molecule has 0 radical (unpaired) electrons. The summed E-state index contributed by atoms with van der Waals surface area (Å²) in [6.07, 6.45) is 5.74. The van der Waals surface area contributed by atoms with Crippen LogP contribution in [0.5, 0.6) is 11.5 Å². The van der Waals surface area contributed by atoms with Crippen LogP contribution in [0.4, 0.5) is 5.69 Å². The number of imide groups is 1. The van der Waals surface area contributed by atoms with E-state index in [1.807, 2.05) is 6.26 Å². The molecule has 1 aliphatic heterocycles. The van der Waals surface area contributed by atoms with E-state index in [0.29, 0.717) is 29.4 Å². The van der Waals surface area contributed by atoms with E-state index in [1.54, 1.807) is 30.0 Å². The van der Waals surface area contributed by atoms with Gasteiger partial charge in [-0.2, -0.15) is 11.8 Å². The maximum Gasteiger partial charge on any atom is 0.247 e. The van der Waals surface area contributed by atoms with E-state index in [0.717, 1.165) is 25.7 Å². The Morgan fingerprint density at radius 3 is 2.14 bits per heavy atom. The molecular weight excluding hydrogens is 392 g/mol. The van der Waals surface area contributed by atoms with Crippen molar-refractivity contribution in [3.05, 3.63) is 18.2 Å². The fraction of sp³-hybridized carbons (Fsp3) is 0.571. The lowest BCUT2D eigenvalue weighted by Gasteiger charge is -2.26. The average Bonchev–Trinajstić information content (AvgIpc) is 2.99. The molecule has 0 unspecified atom stereocenters. The molecule has 1 heterocycles. The zero-order valence-corrected chi connectivity index (χ0v) is 17.9. The first-order valence-corrected chi connectivity index (χ1v) is 11.3. The molecule has 1 aliphatic carbocycles. The largest absolute Gasteiger partial charge is 0.497 e. The molecule has 7 nitrogen and oxygen atoms in total. The van der Waals surface area contributed by atoms with Crippen LogP contribution in [0.3, 0.4) is 0 Å². The summed E-state index contributed by atoms with van der Waals surface area (Å²) in [4.78, 5) is 40.4. The molecule has 1 saturated heterocycles. The highest BCUT2D eigenvalue weighted by Crippen LogP contribution is 2.39. The number of hydrogen-bond acceptors (Lipinski definition) is 6. The minimum atomic E-state index is -0.815. The number of benzene rings is 1. The Bertz CT molecular complexity index is 738. The van der Waals surface area contributed by atoms with E-state index >= 15 is 0 Å². The van der Waals surface area contributed by atoms with E-state index in [4.69, 9.17) is 9.47 Å². The van der Waals surface area contributed by atoms with Crippen molar-refractivity contribution in [2.75, 3.05) is 31.5 Å². The van der Waals surface area contributed by atoms with Crippen LogP contribution >= 0.6 is 11.8 Å². The van der Waals surface area contributed by atoms with Gasteiger partial charge in [0.25, 0.3) is 0 Å². The Balaban J connectivity index is 1.84. The highest BCUT2D eigenvalue weighted by Gasteiger charge is 2.51. The molecule has 0 bridgehead atoms. The SMILES string of the molecule is COc1cc(NC(=O)[C@H](CCSC)N2C(=O)[C@H]3CCCC[C@H]3C2=O)cc(OC)c1. The second-order valence-corrected chi connectivity index (χ2v) is 8.42. The Hall–Kier alpha value is -2.22. The molecule has 1 aromatic rings. The number of likely N-dealkylation sites (tertiary alicyclic amines) is 1. The van der Waals surface area contributed by atoms with Gasteiger partial charge in [0.1, 0.15) is 17.5 Å². The van der Waals surface area contributed by atoms with Crippen LogP contribution in [0.15, 0.2) is 18.2 Å². The molecule has 1 saturated carbocycles. The Kier molecular flexibility index (Phi) is 7.05. The molecule has 3 rings (SSSR count). The van der Waals surface area contributed by atoms with Crippen LogP contribution in [0.2, 0.25) is 0 Å². The summed E-state index contributed by atoms with van der Waals surface area (Å²) in [5.74, 6) is 0.476. The van der Waals surface area contributed by atoms with Crippen LogP contribution in [0.1, 0.15) is 32.1 Å². The number of thioether (sulfide) groups is 1. The molecule has 8 heteroatoms. The third-order valence-corrected chi connectivity index (χ3v) is 6.35. The van der Waals surface area contributed by atoms with Crippen LogP contribution in [0.25, 0.3) is 0 Å². The highest BCUT2D eigenvalue weighted by atomic mass is 32.2. The van der Waals surface area contributed by atoms with E-state index < -0.39 is 6.04 Å². The fourth-order valence-electron chi connectivity index (χ4n) is 4.21. The van der Waals surface area contributed by atoms with Crippen molar-refractivity contribution in [3.63, 3.8) is 0 Å². The van der Waals surface area contributed by atoms with Crippen molar-refractivity contribution in [2.24, 2.45) is 11.8 Å². The summed E-state index contributed by atoms with van der Waals surface area (Å²) in [7, 11) is 3.07. The first-order valence-electron chi connectivity index (χ1n) is 9.90. The number of nitrogens with one attached hydrogen (secondary N) is 1. The molecular formula is C21H28N2O5S. The minimum absolute atomic E-state index is 0.191. The predicted molar refractivity (Wildman–Crippen MR) is 112 cm³/mol. The number of ether oxygens (including phenoxy) is 2. The summed E-state index contributed by atoms with van der Waals surface area (Å²) in [6, 6.07) is 4.25. The third-order valence-electron chi connectivity index (χ3n) is 5.70. The highest BCUT2D eigenvalue weighted by molar-refractivity contribution is 7.98. The Morgan fingerprint density at radius 2 is 1.66 bits per heavy atom. The van der Waals surface area contributed by atoms with Crippen LogP contribution < -0.4 is 14.8 Å². The van der Waals surface area contributed by atoms with Gasteiger partial charge in [-0.05, 0) is 31.3 Å². The monoisotopic (exact) mass is 420 g/mol. The Labute approximate surface area is 175 Å². The number of rotatable bonds is 8. The molecule has 29 heavy (non-hydrogen) atoms. The number of nitrogens with zero attached hydrogens (tertiary/aromatic N) is 1. The average molecular weight is 421 g/mol. The van der Waals surface area contributed by atoms with Gasteiger partial charge in [0.2, 0.25) is 17.7 Å². The van der Waals surface area contributed by atoms with Crippen molar-refractivity contribution in [3.8, 4) is 11.5 Å². The summed E-state index contributed by atoms with van der Waals surface area (Å²) in [5.41, 5.74) is 0.497. The number of fused-ring (bicyclic) bond motifs is 1. The van der Waals surface area contributed by atoms with Crippen LogP contribution in [-0.4, -0.2) is 54.9 Å². The zero-order chi connectivity index (χ0) is 21.0. The number of carbonyl (C=O) groups is 3. The van der Waals surface area contributed by atoms with Gasteiger partial charge in [0.15, 0.2) is 0 Å². The molecule has 158 valence electrons. The van der Waals surface area contributed by atoms with Crippen LogP contribution in [-0.2, 0) is 14.4 Å². The maximum atomic E-state index is 13.2. The van der Waals surface area contributed by atoms with Crippen molar-refractivity contribution in [1.29, 1.82) is 0 Å². The lowest BCUT2D eigenvalue weighted by molar-refractivity contribution is -0.146.